The van der Waals surface area contributed by atoms with E-state index in [1.165, 1.54) is 6.21 Å². The van der Waals surface area contributed by atoms with Gasteiger partial charge in [0.15, 0.2) is 0 Å². The topological polar surface area (TPSA) is 36.7 Å². The van der Waals surface area contributed by atoms with E-state index in [4.69, 9.17) is 17.0 Å². The van der Waals surface area contributed by atoms with Gasteiger partial charge in [-0.3, -0.25) is 4.98 Å². The van der Waals surface area contributed by atoms with Crippen molar-refractivity contribution in [3.63, 3.8) is 0 Å². The predicted molar refractivity (Wildman–Crippen MR) is 51.2 cm³/mol. The Labute approximate surface area is 77.1 Å². The van der Waals surface area contributed by atoms with Crippen LogP contribution in [-0.2, 0) is 0 Å². The van der Waals surface area contributed by atoms with Gasteiger partial charge in [0.05, 0.1) is 5.02 Å². The first-order chi connectivity index (χ1) is 5.66. The van der Waals surface area contributed by atoms with Crippen molar-refractivity contribution in [3.8, 4) is 0 Å². The Morgan fingerprint density at radius 2 is 2.17 bits per heavy atom. The van der Waals surface area contributed by atoms with Crippen LogP contribution in [0.15, 0.2) is 12.4 Å². The SMILES string of the molecule is CC(C)c1cncc(Cl)c1C=N. The van der Waals surface area contributed by atoms with Crippen molar-refractivity contribution in [2.24, 2.45) is 0 Å². The summed E-state index contributed by atoms with van der Waals surface area (Å²) in [5.41, 5.74) is 1.80. The maximum Gasteiger partial charge on any atom is 0.0679 e. The number of halogens is 1. The maximum atomic E-state index is 7.18. The monoisotopic (exact) mass is 182 g/mol. The van der Waals surface area contributed by atoms with E-state index in [0.29, 0.717) is 10.9 Å². The Morgan fingerprint density at radius 1 is 1.50 bits per heavy atom. The van der Waals surface area contributed by atoms with Gasteiger partial charge >= 0.3 is 0 Å². The van der Waals surface area contributed by atoms with Gasteiger partial charge in [-0.25, -0.2) is 0 Å². The highest BCUT2D eigenvalue weighted by Crippen LogP contribution is 2.22. The van der Waals surface area contributed by atoms with Crippen molar-refractivity contribution in [1.82, 2.24) is 4.98 Å². The molecule has 0 bridgehead atoms. The maximum absolute atomic E-state index is 7.18. The third-order valence-electron chi connectivity index (χ3n) is 1.74. The summed E-state index contributed by atoms with van der Waals surface area (Å²) in [6, 6.07) is 0. The van der Waals surface area contributed by atoms with Gasteiger partial charge in [0.2, 0.25) is 0 Å². The van der Waals surface area contributed by atoms with Crippen molar-refractivity contribution in [2.75, 3.05) is 0 Å². The highest BCUT2D eigenvalue weighted by Gasteiger charge is 2.07. The molecule has 0 unspecified atom stereocenters. The van der Waals surface area contributed by atoms with Gasteiger partial charge < -0.3 is 5.41 Å². The molecule has 1 heterocycles. The van der Waals surface area contributed by atoms with Crippen LogP contribution in [0.2, 0.25) is 5.02 Å². The average molecular weight is 183 g/mol. The minimum Gasteiger partial charge on any atom is -0.308 e. The number of nitrogens with zero attached hydrogens (tertiary/aromatic N) is 1. The lowest BCUT2D eigenvalue weighted by Gasteiger charge is -2.08. The summed E-state index contributed by atoms with van der Waals surface area (Å²) in [6.07, 6.45) is 4.60. The van der Waals surface area contributed by atoms with Gasteiger partial charge in [0, 0.05) is 24.2 Å². The van der Waals surface area contributed by atoms with Crippen LogP contribution in [0.1, 0.15) is 30.9 Å². The van der Waals surface area contributed by atoms with E-state index < -0.39 is 0 Å². The average Bonchev–Trinajstić information content (AvgIpc) is 2.03. The molecule has 0 aliphatic rings. The predicted octanol–water partition coefficient (Wildman–Crippen LogP) is 2.86. The summed E-state index contributed by atoms with van der Waals surface area (Å²) in [5.74, 6) is 0.354. The lowest BCUT2D eigenvalue weighted by molar-refractivity contribution is 0.856. The van der Waals surface area contributed by atoms with E-state index in [-0.39, 0.29) is 0 Å². The molecular formula is C9H11ClN2. The summed E-state index contributed by atoms with van der Waals surface area (Å²) < 4.78 is 0. The molecule has 12 heavy (non-hydrogen) atoms. The quantitative estimate of drug-likeness (QED) is 0.702. The molecule has 64 valence electrons. The Balaban J connectivity index is 3.27. The molecule has 0 spiro atoms. The van der Waals surface area contributed by atoms with E-state index in [1.807, 2.05) is 0 Å². The molecule has 2 nitrogen and oxygen atoms in total. The van der Waals surface area contributed by atoms with Crippen LogP contribution < -0.4 is 0 Å². The number of pyridine rings is 1. The Kier molecular flexibility index (Phi) is 2.82. The van der Waals surface area contributed by atoms with Crippen molar-refractivity contribution in [1.29, 1.82) is 5.41 Å². The first kappa shape index (κ1) is 9.20. The third-order valence-corrected chi connectivity index (χ3v) is 2.04. The largest absolute Gasteiger partial charge is 0.308 e. The lowest BCUT2D eigenvalue weighted by atomic mass is 10.0. The van der Waals surface area contributed by atoms with Gasteiger partial charge in [-0.05, 0) is 11.5 Å². The zero-order chi connectivity index (χ0) is 9.14. The molecule has 1 aromatic rings. The molecule has 3 heteroatoms. The molecule has 0 fully saturated rings. The molecule has 0 atom stereocenters. The van der Waals surface area contributed by atoms with E-state index in [1.54, 1.807) is 12.4 Å². The minimum absolute atomic E-state index is 0.354. The molecule has 1 N–H and O–H groups in total. The van der Waals surface area contributed by atoms with Gasteiger partial charge in [-0.2, -0.15) is 0 Å². The zero-order valence-corrected chi connectivity index (χ0v) is 7.89. The van der Waals surface area contributed by atoms with Gasteiger partial charge in [-0.15, -0.1) is 0 Å². The van der Waals surface area contributed by atoms with Crippen LogP contribution in [0.25, 0.3) is 0 Å². The van der Waals surface area contributed by atoms with E-state index in [9.17, 15) is 0 Å². The summed E-state index contributed by atoms with van der Waals surface area (Å²) >= 11 is 5.86. The molecule has 0 aromatic carbocycles. The number of nitrogens with one attached hydrogen (secondary N) is 1. The summed E-state index contributed by atoms with van der Waals surface area (Å²) in [5, 5.41) is 7.73. The Morgan fingerprint density at radius 3 is 2.58 bits per heavy atom. The van der Waals surface area contributed by atoms with Crippen LogP contribution in [0, 0.1) is 5.41 Å². The highest BCUT2D eigenvalue weighted by atomic mass is 35.5. The first-order valence-corrected chi connectivity index (χ1v) is 4.18. The van der Waals surface area contributed by atoms with E-state index in [2.05, 4.69) is 18.8 Å². The summed E-state index contributed by atoms with van der Waals surface area (Å²) in [4.78, 5) is 3.98. The molecule has 1 rings (SSSR count). The second-order valence-electron chi connectivity index (χ2n) is 2.92. The second-order valence-corrected chi connectivity index (χ2v) is 3.33. The fourth-order valence-electron chi connectivity index (χ4n) is 1.07. The van der Waals surface area contributed by atoms with E-state index >= 15 is 0 Å². The molecular weight excluding hydrogens is 172 g/mol. The molecule has 0 saturated carbocycles. The normalized spacial score (nSPS) is 10.3. The van der Waals surface area contributed by atoms with E-state index in [0.717, 1.165) is 11.1 Å². The van der Waals surface area contributed by atoms with Crippen molar-refractivity contribution >= 4 is 17.8 Å². The molecule has 0 amide bonds. The zero-order valence-electron chi connectivity index (χ0n) is 7.13. The van der Waals surface area contributed by atoms with Crippen molar-refractivity contribution in [2.45, 2.75) is 19.8 Å². The first-order valence-electron chi connectivity index (χ1n) is 3.80. The second kappa shape index (κ2) is 3.68. The summed E-state index contributed by atoms with van der Waals surface area (Å²) in [7, 11) is 0. The molecule has 0 radical (unpaired) electrons. The smallest absolute Gasteiger partial charge is 0.0679 e. The van der Waals surface area contributed by atoms with Crippen LogP contribution in [0.3, 0.4) is 0 Å². The standard InChI is InChI=1S/C9H11ClN2/c1-6(2)8-4-12-5-9(10)7(8)3-11/h3-6,11H,1-2H3. The Bertz CT molecular complexity index is 295. The van der Waals surface area contributed by atoms with Gasteiger partial charge in [-0.1, -0.05) is 25.4 Å². The highest BCUT2D eigenvalue weighted by molar-refractivity contribution is 6.33. The number of hydrogen-bond donors (Lipinski definition) is 1. The van der Waals surface area contributed by atoms with Crippen LogP contribution in [-0.4, -0.2) is 11.2 Å². The fraction of sp³-hybridized carbons (Fsp3) is 0.333. The molecule has 1 aromatic heterocycles. The van der Waals surface area contributed by atoms with Crippen LogP contribution >= 0.6 is 11.6 Å². The summed E-state index contributed by atoms with van der Waals surface area (Å²) in [6.45, 7) is 4.11. The minimum atomic E-state index is 0.354. The number of aromatic nitrogens is 1. The van der Waals surface area contributed by atoms with Gasteiger partial charge in [0.25, 0.3) is 0 Å². The number of hydrogen-bond acceptors (Lipinski definition) is 2. The number of rotatable bonds is 2. The molecule has 0 aliphatic heterocycles. The van der Waals surface area contributed by atoms with Crippen molar-refractivity contribution < 1.29 is 0 Å². The van der Waals surface area contributed by atoms with Crippen molar-refractivity contribution in [3.05, 3.63) is 28.5 Å². The Hall–Kier alpha value is -0.890. The fourth-order valence-corrected chi connectivity index (χ4v) is 1.29. The molecule has 0 saturated heterocycles. The van der Waals surface area contributed by atoms with Crippen LogP contribution in [0.5, 0.6) is 0 Å². The third kappa shape index (κ3) is 1.64. The van der Waals surface area contributed by atoms with Gasteiger partial charge in [0.1, 0.15) is 0 Å². The van der Waals surface area contributed by atoms with Crippen LogP contribution in [0.4, 0.5) is 0 Å². The lowest BCUT2D eigenvalue weighted by Crippen LogP contribution is -1.97. The molecule has 0 aliphatic carbocycles.